The second-order valence-corrected chi connectivity index (χ2v) is 7.75. The van der Waals surface area contributed by atoms with Gasteiger partial charge in [-0.1, -0.05) is 18.6 Å². The Hall–Kier alpha value is -1.32. The highest BCUT2D eigenvalue weighted by Gasteiger charge is 2.52. The Morgan fingerprint density at radius 1 is 1.35 bits per heavy atom. The summed E-state index contributed by atoms with van der Waals surface area (Å²) in [4.78, 5) is 2.53. The van der Waals surface area contributed by atoms with E-state index in [2.05, 4.69) is 11.5 Å². The molecule has 1 aromatic carbocycles. The summed E-state index contributed by atoms with van der Waals surface area (Å²) in [7, 11) is 0. The Morgan fingerprint density at radius 2 is 2.17 bits per heavy atom. The highest BCUT2D eigenvalue weighted by Crippen LogP contribution is 2.48. The molecule has 1 saturated heterocycles. The third kappa shape index (κ3) is 2.33. The van der Waals surface area contributed by atoms with Crippen LogP contribution in [-0.4, -0.2) is 40.3 Å². The van der Waals surface area contributed by atoms with Crippen molar-refractivity contribution in [1.82, 2.24) is 4.90 Å². The van der Waals surface area contributed by atoms with Gasteiger partial charge in [0, 0.05) is 18.0 Å². The maximum absolute atomic E-state index is 11.2. The first-order chi connectivity index (χ1) is 11.1. The Morgan fingerprint density at radius 3 is 2.87 bits per heavy atom. The van der Waals surface area contributed by atoms with Crippen LogP contribution in [0.5, 0.6) is 5.75 Å². The van der Waals surface area contributed by atoms with Gasteiger partial charge in [-0.2, -0.15) is 0 Å². The van der Waals surface area contributed by atoms with Crippen LogP contribution in [0.4, 0.5) is 0 Å². The van der Waals surface area contributed by atoms with Crippen LogP contribution >= 0.6 is 0 Å². The summed E-state index contributed by atoms with van der Waals surface area (Å²) in [5.41, 5.74) is 2.16. The monoisotopic (exact) mass is 313 g/mol. The van der Waals surface area contributed by atoms with Crippen LogP contribution < -0.4 is 0 Å². The van der Waals surface area contributed by atoms with Gasteiger partial charge in [0.05, 0.1) is 6.10 Å². The first-order valence-corrected chi connectivity index (χ1v) is 8.99. The minimum atomic E-state index is -0.372. The molecule has 2 aliphatic carbocycles. The van der Waals surface area contributed by atoms with Crippen LogP contribution in [0.3, 0.4) is 0 Å². The number of likely N-dealkylation sites (tertiary alicyclic amines) is 1. The van der Waals surface area contributed by atoms with Crippen molar-refractivity contribution in [3.63, 3.8) is 0 Å². The lowest BCUT2D eigenvalue weighted by Crippen LogP contribution is -2.63. The number of fused-ring (bicyclic) bond motifs is 4. The number of aliphatic hydroxyl groups excluding tert-OH is 1. The first-order valence-electron chi connectivity index (χ1n) is 8.99. The van der Waals surface area contributed by atoms with Gasteiger partial charge in [-0.25, -0.2) is 0 Å². The summed E-state index contributed by atoms with van der Waals surface area (Å²) in [5.74, 6) is 1.13. The predicted octanol–water partition coefficient (Wildman–Crippen LogP) is 3.00. The number of allylic oxidation sites excluding steroid dienone is 1. The first kappa shape index (κ1) is 15.2. The van der Waals surface area contributed by atoms with E-state index in [1.165, 1.54) is 24.8 Å². The molecule has 0 spiro atoms. The fourth-order valence-electron chi connectivity index (χ4n) is 5.01. The molecule has 1 aliphatic heterocycles. The maximum Gasteiger partial charge on any atom is 0.115 e. The average molecular weight is 313 g/mol. The number of benzene rings is 1. The standard InChI is InChI=1S/C20H27NO2/c1-2-8-20-9-10-21(13-14-4-3-5-14)18(19(20)23)11-15-6-7-16(22)12-17(15)20/h2,6-7,12,14,18-19,22-23H,1,3-5,8-11,13H2/t18-,19-,20+/m1/s1. The number of rotatable bonds is 4. The van der Waals surface area contributed by atoms with Crippen molar-refractivity contribution in [3.05, 3.63) is 42.0 Å². The average Bonchev–Trinajstić information content (AvgIpc) is 2.48. The summed E-state index contributed by atoms with van der Waals surface area (Å²) in [6, 6.07) is 5.92. The summed E-state index contributed by atoms with van der Waals surface area (Å²) in [6.45, 7) is 6.11. The van der Waals surface area contributed by atoms with E-state index < -0.39 is 0 Å². The Labute approximate surface area is 138 Å². The number of phenolic OH excluding ortho intramolecular Hbond substituents is 1. The molecule has 1 aromatic rings. The fourth-order valence-corrected chi connectivity index (χ4v) is 5.01. The third-order valence-corrected chi connectivity index (χ3v) is 6.53. The minimum absolute atomic E-state index is 0.210. The zero-order valence-electron chi connectivity index (χ0n) is 13.7. The smallest absolute Gasteiger partial charge is 0.115 e. The Balaban J connectivity index is 1.71. The van der Waals surface area contributed by atoms with E-state index in [4.69, 9.17) is 0 Å². The van der Waals surface area contributed by atoms with Gasteiger partial charge in [0.25, 0.3) is 0 Å². The van der Waals surface area contributed by atoms with Gasteiger partial charge < -0.3 is 10.2 Å². The van der Waals surface area contributed by atoms with Gasteiger partial charge in [0.2, 0.25) is 0 Å². The predicted molar refractivity (Wildman–Crippen MR) is 91.6 cm³/mol. The van der Waals surface area contributed by atoms with Gasteiger partial charge in [0.15, 0.2) is 0 Å². The molecular formula is C20H27NO2. The Bertz CT molecular complexity index is 610. The largest absolute Gasteiger partial charge is 0.508 e. The molecule has 0 amide bonds. The molecule has 4 rings (SSSR count). The van der Waals surface area contributed by atoms with Gasteiger partial charge in [-0.05, 0) is 67.8 Å². The molecule has 2 fully saturated rings. The number of nitrogens with zero attached hydrogens (tertiary/aromatic N) is 1. The van der Waals surface area contributed by atoms with Crippen LogP contribution in [-0.2, 0) is 11.8 Å². The van der Waals surface area contributed by atoms with Crippen molar-refractivity contribution in [2.24, 2.45) is 5.92 Å². The lowest BCUT2D eigenvalue weighted by Gasteiger charge is -2.55. The highest BCUT2D eigenvalue weighted by molar-refractivity contribution is 5.45. The molecule has 3 aliphatic rings. The van der Waals surface area contributed by atoms with Crippen molar-refractivity contribution in [3.8, 4) is 5.75 Å². The van der Waals surface area contributed by atoms with Crippen LogP contribution in [0.15, 0.2) is 30.9 Å². The third-order valence-electron chi connectivity index (χ3n) is 6.53. The number of piperidine rings is 1. The molecule has 2 N–H and O–H groups in total. The van der Waals surface area contributed by atoms with Gasteiger partial charge in [0.1, 0.15) is 5.75 Å². The molecule has 3 heteroatoms. The molecule has 3 atom stereocenters. The molecular weight excluding hydrogens is 286 g/mol. The molecule has 0 unspecified atom stereocenters. The summed E-state index contributed by atoms with van der Waals surface area (Å²) in [6.07, 6.45) is 8.24. The molecule has 0 aromatic heterocycles. The van der Waals surface area contributed by atoms with Gasteiger partial charge in [-0.15, -0.1) is 6.58 Å². The van der Waals surface area contributed by atoms with Crippen molar-refractivity contribution in [1.29, 1.82) is 0 Å². The van der Waals surface area contributed by atoms with Crippen LogP contribution in [0, 0.1) is 5.92 Å². The SMILES string of the molecule is C=CC[C@]12CCN(CC3CCC3)[C@H](Cc3ccc(O)cc31)[C@H]2O. The summed E-state index contributed by atoms with van der Waals surface area (Å²) in [5, 5.41) is 21.2. The van der Waals surface area contributed by atoms with Crippen LogP contribution in [0.1, 0.15) is 43.2 Å². The van der Waals surface area contributed by atoms with E-state index in [0.717, 1.165) is 43.8 Å². The van der Waals surface area contributed by atoms with Crippen molar-refractivity contribution < 1.29 is 10.2 Å². The second kappa shape index (κ2) is 5.64. The Kier molecular flexibility index (Phi) is 3.73. The lowest BCUT2D eigenvalue weighted by atomic mass is 9.60. The molecule has 1 saturated carbocycles. The van der Waals surface area contributed by atoms with Crippen molar-refractivity contribution in [2.45, 2.75) is 56.1 Å². The maximum atomic E-state index is 11.2. The normalized spacial score (nSPS) is 33.8. The number of hydrogen-bond donors (Lipinski definition) is 2. The van der Waals surface area contributed by atoms with E-state index in [9.17, 15) is 10.2 Å². The quantitative estimate of drug-likeness (QED) is 0.840. The molecule has 23 heavy (non-hydrogen) atoms. The lowest BCUT2D eigenvalue weighted by molar-refractivity contribution is -0.0649. The van der Waals surface area contributed by atoms with Crippen LogP contribution in [0.25, 0.3) is 0 Å². The molecule has 1 heterocycles. The summed E-state index contributed by atoms with van der Waals surface area (Å²) < 4.78 is 0. The van der Waals surface area contributed by atoms with Crippen molar-refractivity contribution in [2.75, 3.05) is 13.1 Å². The topological polar surface area (TPSA) is 43.7 Å². The van der Waals surface area contributed by atoms with Gasteiger partial charge in [-0.3, -0.25) is 4.90 Å². The van der Waals surface area contributed by atoms with E-state index in [-0.39, 0.29) is 17.6 Å². The number of aliphatic hydroxyl groups is 1. The number of aromatic hydroxyl groups is 1. The minimum Gasteiger partial charge on any atom is -0.508 e. The molecule has 2 bridgehead atoms. The summed E-state index contributed by atoms with van der Waals surface area (Å²) >= 11 is 0. The number of phenols is 1. The fraction of sp³-hybridized carbons (Fsp3) is 0.600. The zero-order valence-corrected chi connectivity index (χ0v) is 13.7. The number of hydrogen-bond acceptors (Lipinski definition) is 3. The molecule has 3 nitrogen and oxygen atoms in total. The second-order valence-electron chi connectivity index (χ2n) is 7.75. The highest BCUT2D eigenvalue weighted by atomic mass is 16.3. The van der Waals surface area contributed by atoms with E-state index >= 15 is 0 Å². The van der Waals surface area contributed by atoms with E-state index in [1.807, 2.05) is 18.2 Å². The molecule has 0 radical (unpaired) electrons. The van der Waals surface area contributed by atoms with E-state index in [1.54, 1.807) is 6.07 Å². The van der Waals surface area contributed by atoms with Crippen LogP contribution in [0.2, 0.25) is 0 Å². The van der Waals surface area contributed by atoms with E-state index in [0.29, 0.717) is 5.75 Å². The zero-order chi connectivity index (χ0) is 16.0. The van der Waals surface area contributed by atoms with Gasteiger partial charge >= 0.3 is 0 Å². The molecule has 124 valence electrons. The van der Waals surface area contributed by atoms with Crippen molar-refractivity contribution >= 4 is 0 Å².